The van der Waals surface area contributed by atoms with Gasteiger partial charge in [0.05, 0.1) is 12.3 Å². The van der Waals surface area contributed by atoms with Gasteiger partial charge in [0.2, 0.25) is 0 Å². The molecule has 0 amide bonds. The molecule has 1 heterocycles. The van der Waals surface area contributed by atoms with Crippen LogP contribution in [0.4, 0.5) is 0 Å². The minimum atomic E-state index is 0.209. The average molecular weight is 299 g/mol. The Morgan fingerprint density at radius 2 is 2.00 bits per heavy atom. The lowest BCUT2D eigenvalue weighted by molar-refractivity contribution is 0.506. The van der Waals surface area contributed by atoms with Crippen molar-refractivity contribution in [2.75, 3.05) is 13.6 Å². The van der Waals surface area contributed by atoms with Gasteiger partial charge in [-0.15, -0.1) is 0 Å². The van der Waals surface area contributed by atoms with Crippen molar-refractivity contribution in [3.63, 3.8) is 0 Å². The van der Waals surface area contributed by atoms with E-state index in [1.165, 1.54) is 11.1 Å². The fourth-order valence-corrected chi connectivity index (χ4v) is 2.28. The number of hydrogen-bond acceptors (Lipinski definition) is 2. The van der Waals surface area contributed by atoms with E-state index in [4.69, 9.17) is 4.42 Å². The Morgan fingerprint density at radius 1 is 1.23 bits per heavy atom. The molecule has 4 nitrogen and oxygen atoms in total. The lowest BCUT2D eigenvalue weighted by Gasteiger charge is -2.18. The van der Waals surface area contributed by atoms with Gasteiger partial charge >= 0.3 is 0 Å². The lowest BCUT2D eigenvalue weighted by atomic mass is 10.1. The van der Waals surface area contributed by atoms with Crippen LogP contribution >= 0.6 is 0 Å². The smallest absolute Gasteiger partial charge is 0.191 e. The molecule has 0 aliphatic rings. The maximum atomic E-state index is 5.32. The summed E-state index contributed by atoms with van der Waals surface area (Å²) < 4.78 is 5.32. The first-order valence-corrected chi connectivity index (χ1v) is 7.81. The molecule has 0 spiro atoms. The highest BCUT2D eigenvalue weighted by Crippen LogP contribution is 2.13. The SMILES string of the molecule is CCc1ccc(C(C)NC(=NC)NCCc2ccco2)cc1. The van der Waals surface area contributed by atoms with Gasteiger partial charge in [-0.2, -0.15) is 0 Å². The fourth-order valence-electron chi connectivity index (χ4n) is 2.28. The number of nitrogens with zero attached hydrogens (tertiary/aromatic N) is 1. The summed E-state index contributed by atoms with van der Waals surface area (Å²) in [6, 6.07) is 12.8. The summed E-state index contributed by atoms with van der Waals surface area (Å²) in [5.74, 6) is 1.78. The van der Waals surface area contributed by atoms with Gasteiger partial charge in [0.25, 0.3) is 0 Å². The Labute approximate surface area is 132 Å². The van der Waals surface area contributed by atoms with Crippen molar-refractivity contribution >= 4 is 5.96 Å². The second kappa shape index (κ2) is 8.27. The molecule has 1 atom stereocenters. The van der Waals surface area contributed by atoms with E-state index >= 15 is 0 Å². The quantitative estimate of drug-likeness (QED) is 0.635. The molecule has 0 fully saturated rings. The van der Waals surface area contributed by atoms with Gasteiger partial charge in [0.15, 0.2) is 5.96 Å². The Morgan fingerprint density at radius 3 is 2.59 bits per heavy atom. The second-order valence-electron chi connectivity index (χ2n) is 5.29. The number of hydrogen-bond donors (Lipinski definition) is 2. The minimum absolute atomic E-state index is 0.209. The molecule has 2 aromatic rings. The normalized spacial score (nSPS) is 13.0. The zero-order valence-corrected chi connectivity index (χ0v) is 13.6. The highest BCUT2D eigenvalue weighted by atomic mass is 16.3. The molecule has 0 bridgehead atoms. The first kappa shape index (κ1) is 16.1. The molecule has 22 heavy (non-hydrogen) atoms. The predicted molar refractivity (Wildman–Crippen MR) is 91.1 cm³/mol. The molecule has 0 radical (unpaired) electrons. The van der Waals surface area contributed by atoms with Crippen LogP contribution in [0.5, 0.6) is 0 Å². The third kappa shape index (κ3) is 4.65. The molecule has 2 N–H and O–H groups in total. The number of nitrogens with one attached hydrogen (secondary N) is 2. The molecule has 0 aliphatic carbocycles. The number of rotatable bonds is 6. The number of benzene rings is 1. The van der Waals surface area contributed by atoms with Crippen LogP contribution in [0.15, 0.2) is 52.1 Å². The Balaban J connectivity index is 1.83. The van der Waals surface area contributed by atoms with Gasteiger partial charge in [-0.25, -0.2) is 0 Å². The van der Waals surface area contributed by atoms with E-state index < -0.39 is 0 Å². The van der Waals surface area contributed by atoms with Crippen molar-refractivity contribution in [3.8, 4) is 0 Å². The largest absolute Gasteiger partial charge is 0.469 e. The second-order valence-corrected chi connectivity index (χ2v) is 5.29. The van der Waals surface area contributed by atoms with Crippen LogP contribution in [0, 0.1) is 0 Å². The lowest BCUT2D eigenvalue weighted by Crippen LogP contribution is -2.39. The average Bonchev–Trinajstić information content (AvgIpc) is 3.07. The zero-order valence-electron chi connectivity index (χ0n) is 13.6. The molecule has 1 aromatic heterocycles. The maximum Gasteiger partial charge on any atom is 0.191 e. The summed E-state index contributed by atoms with van der Waals surface area (Å²) >= 11 is 0. The number of aryl methyl sites for hydroxylation is 1. The Bertz CT molecular complexity index is 573. The van der Waals surface area contributed by atoms with Crippen molar-refractivity contribution in [3.05, 3.63) is 59.5 Å². The summed E-state index contributed by atoms with van der Waals surface area (Å²) in [6.45, 7) is 5.09. The first-order chi connectivity index (χ1) is 10.7. The standard InChI is InChI=1S/C18H25N3O/c1-4-15-7-9-16(10-8-15)14(2)21-18(19-3)20-12-11-17-6-5-13-22-17/h5-10,13-14H,4,11-12H2,1-3H3,(H2,19,20,21). The van der Waals surface area contributed by atoms with E-state index in [0.717, 1.165) is 31.1 Å². The summed E-state index contributed by atoms with van der Waals surface area (Å²) in [6.07, 6.45) is 3.61. The van der Waals surface area contributed by atoms with E-state index in [1.54, 1.807) is 13.3 Å². The van der Waals surface area contributed by atoms with Crippen LogP contribution in [0.2, 0.25) is 0 Å². The summed E-state index contributed by atoms with van der Waals surface area (Å²) in [7, 11) is 1.79. The van der Waals surface area contributed by atoms with Crippen LogP contribution in [0.3, 0.4) is 0 Å². The van der Waals surface area contributed by atoms with Crippen molar-refractivity contribution in [1.29, 1.82) is 0 Å². The predicted octanol–water partition coefficient (Wildman–Crippen LogP) is 3.31. The van der Waals surface area contributed by atoms with E-state index in [1.807, 2.05) is 12.1 Å². The van der Waals surface area contributed by atoms with Crippen LogP contribution in [-0.2, 0) is 12.8 Å². The van der Waals surface area contributed by atoms with Crippen LogP contribution in [0.25, 0.3) is 0 Å². The monoisotopic (exact) mass is 299 g/mol. The molecule has 1 unspecified atom stereocenters. The van der Waals surface area contributed by atoms with Gasteiger partial charge in [0.1, 0.15) is 5.76 Å². The van der Waals surface area contributed by atoms with Gasteiger partial charge < -0.3 is 15.1 Å². The van der Waals surface area contributed by atoms with Crippen molar-refractivity contribution in [1.82, 2.24) is 10.6 Å². The third-order valence-corrected chi connectivity index (χ3v) is 3.71. The topological polar surface area (TPSA) is 49.6 Å². The molecule has 0 saturated carbocycles. The molecule has 4 heteroatoms. The highest BCUT2D eigenvalue weighted by Gasteiger charge is 2.07. The molecule has 0 saturated heterocycles. The molecule has 0 aliphatic heterocycles. The van der Waals surface area contributed by atoms with Gasteiger partial charge in [-0.3, -0.25) is 4.99 Å². The summed E-state index contributed by atoms with van der Waals surface area (Å²) in [5, 5.41) is 6.72. The number of aliphatic imine (C=N–C) groups is 1. The van der Waals surface area contributed by atoms with Gasteiger partial charge in [0, 0.05) is 20.0 Å². The van der Waals surface area contributed by atoms with Crippen LogP contribution < -0.4 is 10.6 Å². The van der Waals surface area contributed by atoms with Crippen LogP contribution in [-0.4, -0.2) is 19.6 Å². The first-order valence-electron chi connectivity index (χ1n) is 7.81. The molecular formula is C18H25N3O. The van der Waals surface area contributed by atoms with Gasteiger partial charge in [-0.05, 0) is 36.6 Å². The van der Waals surface area contributed by atoms with Crippen molar-refractivity contribution < 1.29 is 4.42 Å². The van der Waals surface area contributed by atoms with E-state index in [0.29, 0.717) is 0 Å². The molecule has 1 aromatic carbocycles. The third-order valence-electron chi connectivity index (χ3n) is 3.71. The van der Waals surface area contributed by atoms with Crippen molar-refractivity contribution in [2.24, 2.45) is 4.99 Å². The van der Waals surface area contributed by atoms with Crippen LogP contribution in [0.1, 0.15) is 36.8 Å². The van der Waals surface area contributed by atoms with E-state index in [9.17, 15) is 0 Å². The number of guanidine groups is 1. The Hall–Kier alpha value is -2.23. The van der Waals surface area contributed by atoms with Crippen molar-refractivity contribution in [2.45, 2.75) is 32.7 Å². The molecule has 2 rings (SSSR count). The number of furan rings is 1. The van der Waals surface area contributed by atoms with E-state index in [-0.39, 0.29) is 6.04 Å². The maximum absolute atomic E-state index is 5.32. The fraction of sp³-hybridized carbons (Fsp3) is 0.389. The molecular weight excluding hydrogens is 274 g/mol. The van der Waals surface area contributed by atoms with Gasteiger partial charge in [-0.1, -0.05) is 31.2 Å². The van der Waals surface area contributed by atoms with E-state index in [2.05, 4.69) is 53.7 Å². The zero-order chi connectivity index (χ0) is 15.8. The minimum Gasteiger partial charge on any atom is -0.469 e. The highest BCUT2D eigenvalue weighted by molar-refractivity contribution is 5.80. The summed E-state index contributed by atoms with van der Waals surface area (Å²) in [5.41, 5.74) is 2.61. The summed E-state index contributed by atoms with van der Waals surface area (Å²) in [4.78, 5) is 4.27. The Kier molecular flexibility index (Phi) is 6.07. The molecule has 118 valence electrons.